The molecule has 2 saturated heterocycles. The van der Waals surface area contributed by atoms with Crippen LogP contribution >= 0.6 is 0 Å². The minimum Gasteiger partial charge on any atom is -0.384 e. The molecule has 0 spiro atoms. The lowest BCUT2D eigenvalue weighted by molar-refractivity contribution is -0.171. The van der Waals surface area contributed by atoms with Crippen LogP contribution < -0.4 is 5.73 Å². The van der Waals surface area contributed by atoms with Gasteiger partial charge in [-0.2, -0.15) is 0 Å². The number of anilines is 1. The van der Waals surface area contributed by atoms with Crippen LogP contribution in [0.4, 0.5) is 10.2 Å². The van der Waals surface area contributed by atoms with E-state index in [4.69, 9.17) is 10.5 Å². The average molecular weight is 442 g/mol. The zero-order chi connectivity index (χ0) is 22.9. The summed E-state index contributed by atoms with van der Waals surface area (Å²) in [6.07, 6.45) is 2.00. The third kappa shape index (κ3) is 4.61. The Morgan fingerprint density at radius 3 is 2.50 bits per heavy atom. The van der Waals surface area contributed by atoms with Gasteiger partial charge >= 0.3 is 0 Å². The van der Waals surface area contributed by atoms with E-state index in [1.165, 1.54) is 12.1 Å². The second-order valence-electron chi connectivity index (χ2n) is 9.46. The first-order valence-electron chi connectivity index (χ1n) is 11.2. The number of hydrogen-bond acceptors (Lipinski definition) is 6. The lowest BCUT2D eigenvalue weighted by Crippen LogP contribution is -2.62. The predicted molar refractivity (Wildman–Crippen MR) is 121 cm³/mol. The number of ether oxygens (including phenoxy) is 1. The summed E-state index contributed by atoms with van der Waals surface area (Å²) in [6, 6.07) is 8.18. The van der Waals surface area contributed by atoms with Crippen molar-refractivity contribution in [2.24, 2.45) is 0 Å². The van der Waals surface area contributed by atoms with Crippen LogP contribution in [0.1, 0.15) is 36.8 Å². The van der Waals surface area contributed by atoms with Crippen LogP contribution in [-0.2, 0) is 21.4 Å². The molecule has 2 fully saturated rings. The summed E-state index contributed by atoms with van der Waals surface area (Å²) >= 11 is 0. The van der Waals surface area contributed by atoms with Crippen LogP contribution in [0.25, 0.3) is 0 Å². The first kappa shape index (κ1) is 22.6. The number of nitrogens with zero attached hydrogens (tertiary/aromatic N) is 4. The fourth-order valence-electron chi connectivity index (χ4n) is 4.85. The highest BCUT2D eigenvalue weighted by atomic mass is 19.1. The molecule has 0 bridgehead atoms. The third-order valence-electron chi connectivity index (χ3n) is 6.80. The van der Waals surface area contributed by atoms with Gasteiger partial charge in [0.1, 0.15) is 17.5 Å². The Morgan fingerprint density at radius 2 is 1.88 bits per heavy atom. The standard InChI is InChI=1S/C24H32FN5O2/c1-17-27-20(14-21(26)28-17)23(2)8-10-30(11-9-23)22(31)24(16-29(3)12-13-32-24)15-18-4-6-19(25)7-5-18/h4-7,14H,8-13,15-16H2,1-3H3,(H2,26,27,28)/t24-/m0/s1. The zero-order valence-electron chi connectivity index (χ0n) is 19.1. The molecule has 1 aromatic carbocycles. The number of nitrogen functional groups attached to an aromatic ring is 1. The molecule has 172 valence electrons. The molecule has 0 radical (unpaired) electrons. The summed E-state index contributed by atoms with van der Waals surface area (Å²) in [5.41, 5.74) is 6.65. The van der Waals surface area contributed by atoms with Crippen LogP contribution in [0.2, 0.25) is 0 Å². The molecule has 1 atom stereocenters. The van der Waals surface area contributed by atoms with Gasteiger partial charge in [0, 0.05) is 44.1 Å². The quantitative estimate of drug-likeness (QED) is 0.784. The van der Waals surface area contributed by atoms with E-state index in [0.717, 1.165) is 30.6 Å². The largest absolute Gasteiger partial charge is 0.384 e. The predicted octanol–water partition coefficient (Wildman–Crippen LogP) is 2.33. The zero-order valence-corrected chi connectivity index (χ0v) is 19.1. The van der Waals surface area contributed by atoms with Crippen LogP contribution in [-0.4, -0.2) is 71.1 Å². The Morgan fingerprint density at radius 1 is 1.19 bits per heavy atom. The van der Waals surface area contributed by atoms with Gasteiger partial charge in [0.2, 0.25) is 0 Å². The van der Waals surface area contributed by atoms with Gasteiger partial charge in [0.15, 0.2) is 5.60 Å². The number of benzene rings is 1. The van der Waals surface area contributed by atoms with E-state index >= 15 is 0 Å². The number of piperidine rings is 1. The molecule has 7 nitrogen and oxygen atoms in total. The van der Waals surface area contributed by atoms with Crippen molar-refractivity contribution in [3.05, 3.63) is 53.2 Å². The van der Waals surface area contributed by atoms with E-state index in [1.54, 1.807) is 12.1 Å². The average Bonchev–Trinajstić information content (AvgIpc) is 2.75. The molecule has 32 heavy (non-hydrogen) atoms. The number of morpholine rings is 1. The van der Waals surface area contributed by atoms with E-state index in [2.05, 4.69) is 21.8 Å². The molecule has 4 rings (SSSR count). The van der Waals surface area contributed by atoms with Gasteiger partial charge in [-0.25, -0.2) is 14.4 Å². The smallest absolute Gasteiger partial charge is 0.256 e. The Labute approximate surface area is 188 Å². The monoisotopic (exact) mass is 441 g/mol. The first-order valence-corrected chi connectivity index (χ1v) is 11.2. The van der Waals surface area contributed by atoms with E-state index in [1.807, 2.05) is 24.9 Å². The second kappa shape index (κ2) is 8.75. The third-order valence-corrected chi connectivity index (χ3v) is 6.80. The minimum absolute atomic E-state index is 0.00815. The van der Waals surface area contributed by atoms with Crippen molar-refractivity contribution in [2.45, 2.75) is 44.1 Å². The van der Waals surface area contributed by atoms with Gasteiger partial charge in [-0.3, -0.25) is 4.79 Å². The highest BCUT2D eigenvalue weighted by Gasteiger charge is 2.47. The summed E-state index contributed by atoms with van der Waals surface area (Å²) in [4.78, 5) is 26.7. The van der Waals surface area contributed by atoms with Gasteiger partial charge in [-0.1, -0.05) is 19.1 Å². The van der Waals surface area contributed by atoms with Crippen molar-refractivity contribution in [1.82, 2.24) is 19.8 Å². The number of likely N-dealkylation sites (N-methyl/N-ethyl adjacent to an activating group) is 1. The Kier molecular flexibility index (Phi) is 6.18. The maximum atomic E-state index is 13.8. The molecule has 0 saturated carbocycles. The molecule has 2 aromatic rings. The van der Waals surface area contributed by atoms with Crippen molar-refractivity contribution in [2.75, 3.05) is 45.6 Å². The lowest BCUT2D eigenvalue weighted by atomic mass is 9.76. The maximum absolute atomic E-state index is 13.8. The van der Waals surface area contributed by atoms with Crippen molar-refractivity contribution in [1.29, 1.82) is 0 Å². The topological polar surface area (TPSA) is 84.6 Å². The normalized spacial score (nSPS) is 23.8. The molecule has 1 aromatic heterocycles. The fraction of sp³-hybridized carbons (Fsp3) is 0.542. The van der Waals surface area contributed by atoms with Crippen molar-refractivity contribution < 1.29 is 13.9 Å². The van der Waals surface area contributed by atoms with Gasteiger partial charge in [-0.05, 0) is 44.5 Å². The van der Waals surface area contributed by atoms with Crippen LogP contribution in [0.3, 0.4) is 0 Å². The summed E-state index contributed by atoms with van der Waals surface area (Å²) in [7, 11) is 2.00. The molecule has 0 unspecified atom stereocenters. The van der Waals surface area contributed by atoms with Crippen molar-refractivity contribution in [3.8, 4) is 0 Å². The van der Waals surface area contributed by atoms with Gasteiger partial charge in [0.05, 0.1) is 12.3 Å². The molecule has 8 heteroatoms. The van der Waals surface area contributed by atoms with Crippen molar-refractivity contribution in [3.63, 3.8) is 0 Å². The minimum atomic E-state index is -0.964. The molecule has 0 aliphatic carbocycles. The second-order valence-corrected chi connectivity index (χ2v) is 9.46. The Bertz CT molecular complexity index is 955. The molecule has 3 heterocycles. The fourth-order valence-corrected chi connectivity index (χ4v) is 4.85. The van der Waals surface area contributed by atoms with Crippen molar-refractivity contribution >= 4 is 11.7 Å². The van der Waals surface area contributed by atoms with E-state index in [0.29, 0.717) is 44.3 Å². The molecular formula is C24H32FN5O2. The van der Waals surface area contributed by atoms with E-state index in [-0.39, 0.29) is 17.1 Å². The number of aromatic nitrogens is 2. The number of carbonyl (C=O) groups excluding carboxylic acids is 1. The summed E-state index contributed by atoms with van der Waals surface area (Å²) in [5.74, 6) is 0.862. The van der Waals surface area contributed by atoms with Gasteiger partial charge in [0.25, 0.3) is 5.91 Å². The summed E-state index contributed by atoms with van der Waals surface area (Å²) < 4.78 is 19.6. The van der Waals surface area contributed by atoms with Crippen LogP contribution in [0.5, 0.6) is 0 Å². The SMILES string of the molecule is Cc1nc(N)cc(C2(C)CCN(C(=O)[C@]3(Cc4ccc(F)cc4)CN(C)CCO3)CC2)n1. The van der Waals surface area contributed by atoms with Gasteiger partial charge in [-0.15, -0.1) is 0 Å². The number of rotatable bonds is 4. The number of amides is 1. The molecule has 2 aliphatic rings. The Balaban J connectivity index is 1.52. The number of aryl methyl sites for hydroxylation is 1. The number of halogens is 1. The first-order chi connectivity index (χ1) is 15.2. The Hall–Kier alpha value is -2.58. The number of likely N-dealkylation sites (tertiary alicyclic amines) is 1. The number of hydrogen-bond donors (Lipinski definition) is 1. The highest BCUT2D eigenvalue weighted by Crippen LogP contribution is 2.36. The maximum Gasteiger partial charge on any atom is 0.256 e. The number of nitrogens with two attached hydrogens (primary N) is 1. The molecule has 1 amide bonds. The van der Waals surface area contributed by atoms with Crippen LogP contribution in [0, 0.1) is 12.7 Å². The van der Waals surface area contributed by atoms with Gasteiger partial charge < -0.3 is 20.3 Å². The summed E-state index contributed by atoms with van der Waals surface area (Å²) in [6.45, 7) is 7.05. The molecule has 2 N–H and O–H groups in total. The van der Waals surface area contributed by atoms with E-state index in [9.17, 15) is 9.18 Å². The number of carbonyl (C=O) groups is 1. The summed E-state index contributed by atoms with van der Waals surface area (Å²) in [5, 5.41) is 0. The lowest BCUT2D eigenvalue weighted by Gasteiger charge is -2.46. The van der Waals surface area contributed by atoms with E-state index < -0.39 is 5.60 Å². The molecular weight excluding hydrogens is 409 g/mol. The van der Waals surface area contributed by atoms with Crippen LogP contribution in [0.15, 0.2) is 30.3 Å². The highest BCUT2D eigenvalue weighted by molar-refractivity contribution is 5.86. The molecule has 2 aliphatic heterocycles.